The minimum atomic E-state index is 0.648. The summed E-state index contributed by atoms with van der Waals surface area (Å²) < 4.78 is 2.25. The minimum Gasteiger partial charge on any atom is -0.278 e. The highest BCUT2D eigenvalue weighted by Crippen LogP contribution is 2.41. The molecule has 0 saturated heterocycles. The van der Waals surface area contributed by atoms with Crippen LogP contribution >= 0.6 is 0 Å². The van der Waals surface area contributed by atoms with Crippen molar-refractivity contribution in [2.24, 2.45) is 0 Å². The standard InChI is InChI=1S/C52H33N3/c1-3-13-34(14-4-1)36-23-26-38(27-24-36)45-33-48-47(32-44(45)37-16-5-2-6-17-37)51(42-28-25-35-15-7-8-18-39(35)29-42)54-52(53-48)55-49-22-12-11-21-43(49)46-30-40-19-9-10-20-41(40)31-50(46)55/h1-33H. The topological polar surface area (TPSA) is 30.7 Å². The zero-order valence-corrected chi connectivity index (χ0v) is 29.9. The summed E-state index contributed by atoms with van der Waals surface area (Å²) in [7, 11) is 0. The fraction of sp³-hybridized carbons (Fsp3) is 0. The first-order valence-corrected chi connectivity index (χ1v) is 18.7. The predicted octanol–water partition coefficient (Wildman–Crippen LogP) is 13.7. The maximum absolute atomic E-state index is 5.53. The second kappa shape index (κ2) is 12.6. The molecule has 0 saturated carbocycles. The van der Waals surface area contributed by atoms with Gasteiger partial charge in [-0.05, 0) is 91.3 Å². The molecule has 256 valence electrons. The lowest BCUT2D eigenvalue weighted by Crippen LogP contribution is -2.04. The van der Waals surface area contributed by atoms with Crippen molar-refractivity contribution in [2.45, 2.75) is 0 Å². The molecule has 0 radical (unpaired) electrons. The molecule has 0 amide bonds. The Kier molecular flexibility index (Phi) is 7.17. The molecule has 11 rings (SSSR count). The summed E-state index contributed by atoms with van der Waals surface area (Å²) in [5, 5.41) is 8.14. The van der Waals surface area contributed by atoms with Crippen LogP contribution in [0.4, 0.5) is 0 Å². The molecular weight excluding hydrogens is 667 g/mol. The van der Waals surface area contributed by atoms with E-state index in [1.54, 1.807) is 0 Å². The summed E-state index contributed by atoms with van der Waals surface area (Å²) in [4.78, 5) is 11.0. The molecule has 0 bridgehead atoms. The van der Waals surface area contributed by atoms with Crippen LogP contribution < -0.4 is 0 Å². The van der Waals surface area contributed by atoms with E-state index in [1.807, 2.05) is 0 Å². The summed E-state index contributed by atoms with van der Waals surface area (Å²) in [6.45, 7) is 0. The molecule has 0 N–H and O–H groups in total. The van der Waals surface area contributed by atoms with Crippen LogP contribution in [0.1, 0.15) is 0 Å². The number of rotatable bonds is 5. The van der Waals surface area contributed by atoms with Crippen molar-refractivity contribution in [3.05, 3.63) is 200 Å². The van der Waals surface area contributed by atoms with Gasteiger partial charge in [-0.25, -0.2) is 9.97 Å². The van der Waals surface area contributed by atoms with Crippen LogP contribution in [0.2, 0.25) is 0 Å². The Morgan fingerprint density at radius 3 is 1.62 bits per heavy atom. The van der Waals surface area contributed by atoms with E-state index in [0.717, 1.165) is 55.4 Å². The quantitative estimate of drug-likeness (QED) is 0.179. The summed E-state index contributed by atoms with van der Waals surface area (Å²) >= 11 is 0. The van der Waals surface area contributed by atoms with Gasteiger partial charge in [-0.2, -0.15) is 0 Å². The van der Waals surface area contributed by atoms with Crippen LogP contribution in [0.25, 0.3) is 105 Å². The first kappa shape index (κ1) is 31.2. The van der Waals surface area contributed by atoms with Gasteiger partial charge in [0.25, 0.3) is 0 Å². The third-order valence-corrected chi connectivity index (χ3v) is 11.0. The Bertz CT molecular complexity index is 3230. The van der Waals surface area contributed by atoms with Crippen molar-refractivity contribution in [1.82, 2.24) is 14.5 Å². The van der Waals surface area contributed by atoms with Crippen LogP contribution in [0.15, 0.2) is 200 Å². The molecule has 9 aromatic carbocycles. The van der Waals surface area contributed by atoms with E-state index in [2.05, 4.69) is 205 Å². The number of nitrogens with zero attached hydrogens (tertiary/aromatic N) is 3. The number of fused-ring (bicyclic) bond motifs is 6. The average Bonchev–Trinajstić information content (AvgIpc) is 3.58. The molecule has 0 aliphatic rings. The molecular formula is C52H33N3. The van der Waals surface area contributed by atoms with E-state index >= 15 is 0 Å². The Hall–Kier alpha value is -7.36. The van der Waals surface area contributed by atoms with E-state index in [1.165, 1.54) is 43.4 Å². The molecule has 11 aromatic rings. The van der Waals surface area contributed by atoms with E-state index in [4.69, 9.17) is 9.97 Å². The van der Waals surface area contributed by atoms with Gasteiger partial charge in [0, 0.05) is 21.7 Å². The maximum atomic E-state index is 5.53. The molecule has 55 heavy (non-hydrogen) atoms. The lowest BCUT2D eigenvalue weighted by Gasteiger charge is -2.17. The fourth-order valence-electron chi connectivity index (χ4n) is 8.26. The number of para-hydroxylation sites is 1. The van der Waals surface area contributed by atoms with Crippen LogP contribution in [0.5, 0.6) is 0 Å². The highest BCUT2D eigenvalue weighted by molar-refractivity contribution is 6.13. The van der Waals surface area contributed by atoms with Gasteiger partial charge in [-0.1, -0.05) is 164 Å². The largest absolute Gasteiger partial charge is 0.278 e. The number of hydrogen-bond donors (Lipinski definition) is 0. The SMILES string of the molecule is c1ccc(-c2ccc(-c3cc4nc(-n5c6ccccc6c6cc7ccccc7cc65)nc(-c5ccc6ccccc6c5)c4cc3-c3ccccc3)cc2)cc1. The molecule has 3 heteroatoms. The van der Waals surface area contributed by atoms with Crippen molar-refractivity contribution in [3.63, 3.8) is 0 Å². The maximum Gasteiger partial charge on any atom is 0.235 e. The highest BCUT2D eigenvalue weighted by atomic mass is 15.2. The summed E-state index contributed by atoms with van der Waals surface area (Å²) in [5.74, 6) is 0.648. The molecule has 0 atom stereocenters. The first-order valence-electron chi connectivity index (χ1n) is 18.7. The van der Waals surface area contributed by atoms with Crippen molar-refractivity contribution < 1.29 is 0 Å². The third-order valence-electron chi connectivity index (χ3n) is 11.0. The molecule has 0 unspecified atom stereocenters. The van der Waals surface area contributed by atoms with Crippen molar-refractivity contribution >= 4 is 54.3 Å². The molecule has 0 aliphatic carbocycles. The Labute approximate surface area is 318 Å². The van der Waals surface area contributed by atoms with Crippen molar-refractivity contribution in [2.75, 3.05) is 0 Å². The van der Waals surface area contributed by atoms with E-state index < -0.39 is 0 Å². The number of benzene rings is 9. The molecule has 0 aliphatic heterocycles. The van der Waals surface area contributed by atoms with Crippen molar-refractivity contribution in [1.29, 1.82) is 0 Å². The van der Waals surface area contributed by atoms with Gasteiger partial charge < -0.3 is 0 Å². The van der Waals surface area contributed by atoms with Gasteiger partial charge in [0.2, 0.25) is 5.95 Å². The second-order valence-electron chi connectivity index (χ2n) is 14.2. The van der Waals surface area contributed by atoms with Gasteiger partial charge >= 0.3 is 0 Å². The third kappa shape index (κ3) is 5.28. The average molecular weight is 700 g/mol. The first-order chi connectivity index (χ1) is 27.2. The van der Waals surface area contributed by atoms with Crippen LogP contribution in [-0.2, 0) is 0 Å². The Morgan fingerprint density at radius 1 is 0.309 bits per heavy atom. The predicted molar refractivity (Wildman–Crippen MR) is 231 cm³/mol. The van der Waals surface area contributed by atoms with E-state index in [9.17, 15) is 0 Å². The number of hydrogen-bond acceptors (Lipinski definition) is 2. The van der Waals surface area contributed by atoms with Gasteiger partial charge in [0.15, 0.2) is 0 Å². The van der Waals surface area contributed by atoms with E-state index in [0.29, 0.717) is 5.95 Å². The van der Waals surface area contributed by atoms with E-state index in [-0.39, 0.29) is 0 Å². The Morgan fingerprint density at radius 2 is 0.855 bits per heavy atom. The van der Waals surface area contributed by atoms with Gasteiger partial charge in [-0.3, -0.25) is 4.57 Å². The van der Waals surface area contributed by atoms with Crippen LogP contribution in [0.3, 0.4) is 0 Å². The van der Waals surface area contributed by atoms with Gasteiger partial charge in [0.1, 0.15) is 0 Å². The number of aromatic nitrogens is 3. The molecule has 3 nitrogen and oxygen atoms in total. The highest BCUT2D eigenvalue weighted by Gasteiger charge is 2.20. The van der Waals surface area contributed by atoms with Gasteiger partial charge in [-0.15, -0.1) is 0 Å². The summed E-state index contributed by atoms with van der Waals surface area (Å²) in [6, 6.07) is 71.7. The van der Waals surface area contributed by atoms with Crippen molar-refractivity contribution in [3.8, 4) is 50.6 Å². The zero-order chi connectivity index (χ0) is 36.3. The molecule has 0 fully saturated rings. The molecule has 2 heterocycles. The lowest BCUT2D eigenvalue weighted by molar-refractivity contribution is 1.01. The lowest BCUT2D eigenvalue weighted by atomic mass is 9.90. The van der Waals surface area contributed by atoms with Crippen LogP contribution in [0, 0.1) is 0 Å². The minimum absolute atomic E-state index is 0.648. The normalized spacial score (nSPS) is 11.6. The Balaban J connectivity index is 1.22. The van der Waals surface area contributed by atoms with Crippen LogP contribution in [-0.4, -0.2) is 14.5 Å². The second-order valence-corrected chi connectivity index (χ2v) is 14.2. The molecule has 2 aromatic heterocycles. The fourth-order valence-corrected chi connectivity index (χ4v) is 8.26. The summed E-state index contributed by atoms with van der Waals surface area (Å²) in [5.41, 5.74) is 11.9. The smallest absolute Gasteiger partial charge is 0.235 e. The monoisotopic (exact) mass is 699 g/mol. The van der Waals surface area contributed by atoms with Gasteiger partial charge in [0.05, 0.1) is 22.2 Å². The summed E-state index contributed by atoms with van der Waals surface area (Å²) in [6.07, 6.45) is 0. The zero-order valence-electron chi connectivity index (χ0n) is 29.9. The molecule has 0 spiro atoms.